The normalized spacial score (nSPS) is 21.2. The highest BCUT2D eigenvalue weighted by Gasteiger charge is 2.36. The molecule has 1 aliphatic rings. The fourth-order valence-electron chi connectivity index (χ4n) is 1.95. The Balaban J connectivity index is 2.60. The molecule has 1 rings (SSSR count). The summed E-state index contributed by atoms with van der Waals surface area (Å²) in [5.74, 6) is 0.257. The summed E-state index contributed by atoms with van der Waals surface area (Å²) in [5.41, 5.74) is -0.883. The molecule has 0 radical (unpaired) electrons. The summed E-state index contributed by atoms with van der Waals surface area (Å²) in [7, 11) is 0. The van der Waals surface area contributed by atoms with Crippen molar-refractivity contribution in [2.45, 2.75) is 33.1 Å². The molecule has 0 saturated carbocycles. The first-order chi connectivity index (χ1) is 7.57. The highest BCUT2D eigenvalue weighted by Crippen LogP contribution is 2.26. The van der Waals surface area contributed by atoms with Crippen LogP contribution in [0, 0.1) is 22.7 Å². The van der Waals surface area contributed by atoms with E-state index in [1.807, 2.05) is 6.92 Å². The average molecular weight is 224 g/mol. The Kier molecular flexibility index (Phi) is 4.31. The van der Waals surface area contributed by atoms with Crippen molar-refractivity contribution in [2.24, 2.45) is 11.3 Å². The SMILES string of the molecule is CCC(C)(C#N)C(=O)N1CCC(CO)CC1. The summed E-state index contributed by atoms with van der Waals surface area (Å²) < 4.78 is 0. The molecule has 1 aliphatic heterocycles. The maximum Gasteiger partial charge on any atom is 0.242 e. The Morgan fingerprint density at radius 2 is 2.12 bits per heavy atom. The minimum absolute atomic E-state index is 0.0612. The topological polar surface area (TPSA) is 64.3 Å². The van der Waals surface area contributed by atoms with Gasteiger partial charge in [-0.3, -0.25) is 4.79 Å². The van der Waals surface area contributed by atoms with Crippen molar-refractivity contribution in [1.29, 1.82) is 5.26 Å². The first-order valence-electron chi connectivity index (χ1n) is 5.89. The van der Waals surface area contributed by atoms with Gasteiger partial charge in [-0.2, -0.15) is 5.26 Å². The number of likely N-dealkylation sites (tertiary alicyclic amines) is 1. The molecule has 1 amide bonds. The molecular formula is C12H20N2O2. The summed E-state index contributed by atoms with van der Waals surface area (Å²) in [6, 6.07) is 2.11. The molecule has 0 aromatic heterocycles. The van der Waals surface area contributed by atoms with E-state index in [4.69, 9.17) is 10.4 Å². The second-order valence-corrected chi connectivity index (χ2v) is 4.72. The molecule has 16 heavy (non-hydrogen) atoms. The van der Waals surface area contributed by atoms with Crippen LogP contribution in [-0.2, 0) is 4.79 Å². The molecule has 1 heterocycles. The lowest BCUT2D eigenvalue weighted by Crippen LogP contribution is -2.45. The van der Waals surface area contributed by atoms with Crippen molar-refractivity contribution in [1.82, 2.24) is 4.90 Å². The van der Waals surface area contributed by atoms with Crippen LogP contribution in [0.15, 0.2) is 0 Å². The maximum absolute atomic E-state index is 12.1. The molecule has 1 unspecified atom stereocenters. The van der Waals surface area contributed by atoms with E-state index in [2.05, 4.69) is 6.07 Å². The molecule has 0 aromatic rings. The van der Waals surface area contributed by atoms with Gasteiger partial charge in [-0.15, -0.1) is 0 Å². The number of carbonyl (C=O) groups excluding carboxylic acids is 1. The quantitative estimate of drug-likeness (QED) is 0.782. The van der Waals surface area contributed by atoms with Crippen LogP contribution in [0.4, 0.5) is 0 Å². The van der Waals surface area contributed by atoms with Gasteiger partial charge in [0.05, 0.1) is 6.07 Å². The summed E-state index contributed by atoms with van der Waals surface area (Å²) in [4.78, 5) is 13.9. The molecular weight excluding hydrogens is 204 g/mol. The standard InChI is InChI=1S/C12H20N2O2/c1-3-12(2,9-13)11(16)14-6-4-10(8-15)5-7-14/h10,15H,3-8H2,1-2H3. The zero-order chi connectivity index (χ0) is 12.2. The molecule has 4 nitrogen and oxygen atoms in total. The molecule has 0 spiro atoms. The zero-order valence-electron chi connectivity index (χ0n) is 10.1. The first-order valence-corrected chi connectivity index (χ1v) is 5.89. The van der Waals surface area contributed by atoms with Gasteiger partial charge in [0, 0.05) is 19.7 Å². The largest absolute Gasteiger partial charge is 0.396 e. The zero-order valence-corrected chi connectivity index (χ0v) is 10.1. The van der Waals surface area contributed by atoms with Crippen LogP contribution in [0.5, 0.6) is 0 Å². The van der Waals surface area contributed by atoms with Gasteiger partial charge in [-0.25, -0.2) is 0 Å². The number of hydrogen-bond donors (Lipinski definition) is 1. The number of nitriles is 1. The minimum Gasteiger partial charge on any atom is -0.396 e. The van der Waals surface area contributed by atoms with E-state index in [1.54, 1.807) is 11.8 Å². The van der Waals surface area contributed by atoms with E-state index in [-0.39, 0.29) is 12.5 Å². The number of aliphatic hydroxyl groups is 1. The Labute approximate surface area is 96.9 Å². The van der Waals surface area contributed by atoms with Gasteiger partial charge >= 0.3 is 0 Å². The Hall–Kier alpha value is -1.08. The number of amides is 1. The average Bonchev–Trinajstić information content (AvgIpc) is 2.37. The van der Waals surface area contributed by atoms with E-state index in [9.17, 15) is 4.79 Å². The molecule has 1 saturated heterocycles. The summed E-state index contributed by atoms with van der Waals surface area (Å²) >= 11 is 0. The minimum atomic E-state index is -0.883. The Morgan fingerprint density at radius 1 is 1.56 bits per heavy atom. The van der Waals surface area contributed by atoms with Crippen molar-refractivity contribution in [2.75, 3.05) is 19.7 Å². The summed E-state index contributed by atoms with van der Waals surface area (Å²) in [6.07, 6.45) is 2.23. The third kappa shape index (κ3) is 2.53. The number of aliphatic hydroxyl groups excluding tert-OH is 1. The lowest BCUT2D eigenvalue weighted by atomic mass is 9.86. The van der Waals surface area contributed by atoms with Crippen molar-refractivity contribution in [3.05, 3.63) is 0 Å². The van der Waals surface area contributed by atoms with Crippen LogP contribution in [0.25, 0.3) is 0 Å². The fourth-order valence-corrected chi connectivity index (χ4v) is 1.95. The Morgan fingerprint density at radius 3 is 2.50 bits per heavy atom. The maximum atomic E-state index is 12.1. The molecule has 0 aliphatic carbocycles. The third-order valence-corrected chi connectivity index (χ3v) is 3.59. The fraction of sp³-hybridized carbons (Fsp3) is 0.833. The molecule has 1 atom stereocenters. The number of hydrogen-bond acceptors (Lipinski definition) is 3. The van der Waals surface area contributed by atoms with E-state index in [0.717, 1.165) is 12.8 Å². The van der Waals surface area contributed by atoms with Crippen LogP contribution in [0.3, 0.4) is 0 Å². The molecule has 4 heteroatoms. The third-order valence-electron chi connectivity index (χ3n) is 3.59. The number of nitrogens with zero attached hydrogens (tertiary/aromatic N) is 2. The predicted molar refractivity (Wildman–Crippen MR) is 60.4 cm³/mol. The van der Waals surface area contributed by atoms with Crippen molar-refractivity contribution in [3.63, 3.8) is 0 Å². The van der Waals surface area contributed by atoms with Crippen LogP contribution in [-0.4, -0.2) is 35.6 Å². The van der Waals surface area contributed by atoms with E-state index >= 15 is 0 Å². The molecule has 1 N–H and O–H groups in total. The predicted octanol–water partition coefficient (Wildman–Crippen LogP) is 1.16. The van der Waals surface area contributed by atoms with Gasteiger partial charge in [0.1, 0.15) is 5.41 Å². The first kappa shape index (κ1) is 13.0. The van der Waals surface area contributed by atoms with Gasteiger partial charge in [-0.05, 0) is 32.1 Å². The molecule has 1 fully saturated rings. The second kappa shape index (κ2) is 5.31. The number of piperidine rings is 1. The lowest BCUT2D eigenvalue weighted by Gasteiger charge is -2.35. The van der Waals surface area contributed by atoms with Gasteiger partial charge in [0.15, 0.2) is 0 Å². The monoisotopic (exact) mass is 224 g/mol. The van der Waals surface area contributed by atoms with Crippen molar-refractivity contribution >= 4 is 5.91 Å². The van der Waals surface area contributed by atoms with E-state index in [1.165, 1.54) is 0 Å². The molecule has 0 aromatic carbocycles. The Bertz CT molecular complexity index is 290. The summed E-state index contributed by atoms with van der Waals surface area (Å²) in [5, 5.41) is 18.1. The van der Waals surface area contributed by atoms with Crippen LogP contribution in [0.1, 0.15) is 33.1 Å². The van der Waals surface area contributed by atoms with E-state index in [0.29, 0.717) is 25.4 Å². The molecule has 90 valence electrons. The van der Waals surface area contributed by atoms with Crippen LogP contribution < -0.4 is 0 Å². The number of carbonyl (C=O) groups is 1. The van der Waals surface area contributed by atoms with Crippen molar-refractivity contribution in [3.8, 4) is 6.07 Å². The number of rotatable bonds is 3. The van der Waals surface area contributed by atoms with Gasteiger partial charge in [0.2, 0.25) is 5.91 Å². The van der Waals surface area contributed by atoms with Gasteiger partial charge < -0.3 is 10.0 Å². The van der Waals surface area contributed by atoms with E-state index < -0.39 is 5.41 Å². The summed E-state index contributed by atoms with van der Waals surface area (Å²) in [6.45, 7) is 5.10. The van der Waals surface area contributed by atoms with Crippen LogP contribution in [0.2, 0.25) is 0 Å². The van der Waals surface area contributed by atoms with Crippen molar-refractivity contribution < 1.29 is 9.90 Å². The van der Waals surface area contributed by atoms with Crippen LogP contribution >= 0.6 is 0 Å². The smallest absolute Gasteiger partial charge is 0.242 e. The highest BCUT2D eigenvalue weighted by molar-refractivity contribution is 5.85. The lowest BCUT2D eigenvalue weighted by molar-refractivity contribution is -0.140. The van der Waals surface area contributed by atoms with Gasteiger partial charge in [-0.1, -0.05) is 6.92 Å². The highest BCUT2D eigenvalue weighted by atomic mass is 16.3. The van der Waals surface area contributed by atoms with Gasteiger partial charge in [0.25, 0.3) is 0 Å². The second-order valence-electron chi connectivity index (χ2n) is 4.72. The molecule has 0 bridgehead atoms.